The molecule has 6 rings (SSSR count). The molecule has 1 aliphatic heterocycles. The van der Waals surface area contributed by atoms with Crippen LogP contribution in [0.4, 0.5) is 0 Å². The molecule has 4 nitrogen and oxygen atoms in total. The number of hydrogen-bond donors (Lipinski definition) is 2. The van der Waals surface area contributed by atoms with Crippen molar-refractivity contribution in [3.63, 3.8) is 0 Å². The van der Waals surface area contributed by atoms with Crippen molar-refractivity contribution in [3.8, 4) is 5.75 Å². The second kappa shape index (κ2) is 10.0. The van der Waals surface area contributed by atoms with Crippen LogP contribution in [0.2, 0.25) is 0 Å². The highest BCUT2D eigenvalue weighted by Gasteiger charge is 2.35. The van der Waals surface area contributed by atoms with Gasteiger partial charge in [0.1, 0.15) is 18.5 Å². The van der Waals surface area contributed by atoms with Gasteiger partial charge in [-0.2, -0.15) is 0 Å². The molecule has 1 fully saturated rings. The first kappa shape index (κ1) is 22.6. The number of aromatic nitrogens is 1. The first-order valence-electron chi connectivity index (χ1n) is 12.6. The monoisotopic (exact) mass is 474 g/mol. The van der Waals surface area contributed by atoms with Crippen molar-refractivity contribution < 1.29 is 9.47 Å². The molecule has 0 unspecified atom stereocenters. The van der Waals surface area contributed by atoms with Gasteiger partial charge < -0.3 is 14.5 Å². The number of H-pyrrole nitrogens is 1. The van der Waals surface area contributed by atoms with E-state index < -0.39 is 5.54 Å². The summed E-state index contributed by atoms with van der Waals surface area (Å²) in [5, 5.41) is 5.19. The third-order valence-electron chi connectivity index (χ3n) is 6.98. The van der Waals surface area contributed by atoms with E-state index in [4.69, 9.17) is 9.47 Å². The van der Waals surface area contributed by atoms with Crippen molar-refractivity contribution >= 4 is 10.9 Å². The van der Waals surface area contributed by atoms with Crippen molar-refractivity contribution in [3.05, 3.63) is 138 Å². The molecule has 0 saturated carbocycles. The SMILES string of the molecule is c1ccc(C(NCCc2c[nH]c3ccc(OC[C@H]4CO4)cc23)(c2ccccc2)c2ccccc2)cc1. The summed E-state index contributed by atoms with van der Waals surface area (Å²) in [4.78, 5) is 3.43. The number of rotatable bonds is 10. The van der Waals surface area contributed by atoms with Crippen LogP contribution in [0.25, 0.3) is 10.9 Å². The second-order valence-electron chi connectivity index (χ2n) is 9.31. The molecule has 2 N–H and O–H groups in total. The second-order valence-corrected chi connectivity index (χ2v) is 9.31. The van der Waals surface area contributed by atoms with Crippen molar-refractivity contribution in [1.82, 2.24) is 10.3 Å². The number of fused-ring (bicyclic) bond motifs is 1. The van der Waals surface area contributed by atoms with E-state index in [2.05, 4.69) is 120 Å². The normalized spacial score (nSPS) is 15.2. The van der Waals surface area contributed by atoms with Crippen LogP contribution < -0.4 is 10.1 Å². The van der Waals surface area contributed by atoms with Crippen LogP contribution in [0.5, 0.6) is 5.75 Å². The first-order chi connectivity index (χ1) is 17.8. The first-order valence-corrected chi connectivity index (χ1v) is 12.6. The minimum atomic E-state index is -0.464. The fraction of sp³-hybridized carbons (Fsp3) is 0.188. The molecule has 1 aliphatic rings. The van der Waals surface area contributed by atoms with Crippen LogP contribution in [-0.4, -0.2) is 30.8 Å². The van der Waals surface area contributed by atoms with Gasteiger partial charge >= 0.3 is 0 Å². The van der Waals surface area contributed by atoms with Crippen molar-refractivity contribution in [2.75, 3.05) is 19.8 Å². The van der Waals surface area contributed by atoms with Crippen LogP contribution in [0.15, 0.2) is 115 Å². The molecule has 0 radical (unpaired) electrons. The molecule has 0 bridgehead atoms. The largest absolute Gasteiger partial charge is 0.491 e. The molecule has 4 heteroatoms. The van der Waals surface area contributed by atoms with Crippen molar-refractivity contribution in [1.29, 1.82) is 0 Å². The maximum atomic E-state index is 5.94. The summed E-state index contributed by atoms with van der Waals surface area (Å²) < 4.78 is 11.2. The van der Waals surface area contributed by atoms with Gasteiger partial charge in [0.15, 0.2) is 0 Å². The quantitative estimate of drug-likeness (QED) is 0.191. The van der Waals surface area contributed by atoms with Gasteiger partial charge in [-0.25, -0.2) is 0 Å². The van der Waals surface area contributed by atoms with E-state index >= 15 is 0 Å². The summed E-state index contributed by atoms with van der Waals surface area (Å²) in [6, 6.07) is 38.5. The lowest BCUT2D eigenvalue weighted by Gasteiger charge is -2.37. The average molecular weight is 475 g/mol. The topological polar surface area (TPSA) is 49.6 Å². The van der Waals surface area contributed by atoms with Gasteiger partial charge in [0.25, 0.3) is 0 Å². The van der Waals surface area contributed by atoms with Gasteiger partial charge in [-0.1, -0.05) is 91.0 Å². The van der Waals surface area contributed by atoms with Crippen LogP contribution in [-0.2, 0) is 16.7 Å². The zero-order chi connectivity index (χ0) is 24.2. The Balaban J connectivity index is 1.32. The lowest BCUT2D eigenvalue weighted by Crippen LogP contribution is -2.45. The highest BCUT2D eigenvalue weighted by Crippen LogP contribution is 2.37. The smallest absolute Gasteiger partial charge is 0.120 e. The summed E-state index contributed by atoms with van der Waals surface area (Å²) in [7, 11) is 0. The molecule has 36 heavy (non-hydrogen) atoms. The summed E-state index contributed by atoms with van der Waals surface area (Å²) in [6.07, 6.45) is 3.25. The Morgan fingerprint density at radius 2 is 1.39 bits per heavy atom. The van der Waals surface area contributed by atoms with E-state index in [1.165, 1.54) is 27.6 Å². The maximum absolute atomic E-state index is 5.94. The molecule has 0 amide bonds. The fourth-order valence-electron chi connectivity index (χ4n) is 5.06. The molecular formula is C32H30N2O2. The maximum Gasteiger partial charge on any atom is 0.120 e. The van der Waals surface area contributed by atoms with Crippen molar-refractivity contribution in [2.45, 2.75) is 18.1 Å². The van der Waals surface area contributed by atoms with Crippen molar-refractivity contribution in [2.24, 2.45) is 0 Å². The number of epoxide rings is 1. The molecule has 4 aromatic carbocycles. The third-order valence-corrected chi connectivity index (χ3v) is 6.98. The lowest BCUT2D eigenvalue weighted by atomic mass is 9.77. The minimum absolute atomic E-state index is 0.248. The number of nitrogens with one attached hydrogen (secondary N) is 2. The Morgan fingerprint density at radius 1 is 0.806 bits per heavy atom. The Morgan fingerprint density at radius 3 is 1.94 bits per heavy atom. The Labute approximate surface area is 211 Å². The molecule has 1 saturated heterocycles. The standard InChI is InChI=1S/C32H30N2O2/c1-4-10-25(11-5-1)32(26-12-6-2-7-13-26,27-14-8-3-9-15-27)34-19-18-24-21-33-31-17-16-28(20-30(24)31)35-22-29-23-36-29/h1-17,20-21,29,33-34H,18-19,22-23H2/t29-/m0/s1. The predicted octanol–water partition coefficient (Wildman–Crippen LogP) is 6.07. The summed E-state index contributed by atoms with van der Waals surface area (Å²) in [5.41, 5.74) is 5.60. The van der Waals surface area contributed by atoms with E-state index in [0.717, 1.165) is 30.8 Å². The average Bonchev–Trinajstić information content (AvgIpc) is 3.70. The fourth-order valence-corrected chi connectivity index (χ4v) is 5.06. The molecule has 180 valence electrons. The number of benzene rings is 4. The van der Waals surface area contributed by atoms with E-state index in [9.17, 15) is 0 Å². The van der Waals surface area contributed by atoms with Gasteiger partial charge in [-0.3, -0.25) is 5.32 Å². The molecular weight excluding hydrogens is 444 g/mol. The predicted molar refractivity (Wildman–Crippen MR) is 144 cm³/mol. The van der Waals surface area contributed by atoms with E-state index in [1.807, 2.05) is 6.07 Å². The van der Waals surface area contributed by atoms with Gasteiger partial charge in [-0.15, -0.1) is 0 Å². The Kier molecular flexibility index (Phi) is 6.29. The number of aromatic amines is 1. The van der Waals surface area contributed by atoms with Crippen LogP contribution in [0.1, 0.15) is 22.3 Å². The van der Waals surface area contributed by atoms with Gasteiger partial charge in [0, 0.05) is 23.6 Å². The molecule has 0 spiro atoms. The summed E-state index contributed by atoms with van der Waals surface area (Å²) >= 11 is 0. The van der Waals surface area contributed by atoms with Gasteiger partial charge in [0.2, 0.25) is 0 Å². The number of ether oxygens (including phenoxy) is 2. The number of hydrogen-bond acceptors (Lipinski definition) is 3. The van der Waals surface area contributed by atoms with Crippen LogP contribution in [0, 0.1) is 0 Å². The van der Waals surface area contributed by atoms with Crippen LogP contribution >= 0.6 is 0 Å². The molecule has 0 aliphatic carbocycles. The lowest BCUT2D eigenvalue weighted by molar-refractivity contribution is 0.263. The molecule has 2 heterocycles. The minimum Gasteiger partial charge on any atom is -0.491 e. The Hall–Kier alpha value is -3.86. The Bertz CT molecular complexity index is 1310. The van der Waals surface area contributed by atoms with E-state index in [1.54, 1.807) is 0 Å². The zero-order valence-corrected chi connectivity index (χ0v) is 20.2. The summed E-state index contributed by atoms with van der Waals surface area (Å²) in [6.45, 7) is 2.21. The van der Waals surface area contributed by atoms with Gasteiger partial charge in [0.05, 0.1) is 12.1 Å². The molecule has 1 aromatic heterocycles. The zero-order valence-electron chi connectivity index (χ0n) is 20.2. The van der Waals surface area contributed by atoms with Crippen LogP contribution in [0.3, 0.4) is 0 Å². The summed E-state index contributed by atoms with van der Waals surface area (Å²) in [5.74, 6) is 0.888. The van der Waals surface area contributed by atoms with Gasteiger partial charge in [-0.05, 0) is 46.9 Å². The van der Waals surface area contributed by atoms with E-state index in [0.29, 0.717) is 6.61 Å². The highest BCUT2D eigenvalue weighted by atomic mass is 16.6. The molecule has 1 atom stereocenters. The highest BCUT2D eigenvalue weighted by molar-refractivity contribution is 5.84. The van der Waals surface area contributed by atoms with E-state index in [-0.39, 0.29) is 6.10 Å². The third kappa shape index (κ3) is 4.53. The molecule has 5 aromatic rings.